The zero-order valence-electron chi connectivity index (χ0n) is 14.1. The fourth-order valence-corrected chi connectivity index (χ4v) is 3.82. The van der Waals surface area contributed by atoms with E-state index in [1.807, 2.05) is 10.7 Å². The molecule has 0 bridgehead atoms. The fraction of sp³-hybridized carbons (Fsp3) is 0.765. The van der Waals surface area contributed by atoms with E-state index in [1.54, 1.807) is 6.20 Å². The van der Waals surface area contributed by atoms with Crippen LogP contribution in [0.4, 0.5) is 5.82 Å². The van der Waals surface area contributed by atoms with Crippen molar-refractivity contribution in [2.75, 3.05) is 31.6 Å². The summed E-state index contributed by atoms with van der Waals surface area (Å²) in [6.45, 7) is 2.03. The molecule has 7 heteroatoms. The lowest BCUT2D eigenvalue weighted by atomic mass is 10.0. The summed E-state index contributed by atoms with van der Waals surface area (Å²) >= 11 is 0. The van der Waals surface area contributed by atoms with E-state index in [2.05, 4.69) is 15.3 Å². The van der Waals surface area contributed by atoms with E-state index in [4.69, 9.17) is 5.11 Å². The van der Waals surface area contributed by atoms with Crippen molar-refractivity contribution < 1.29 is 15.0 Å². The largest absolute Gasteiger partial charge is 0.394 e. The second-order valence-corrected chi connectivity index (χ2v) is 7.00. The maximum atomic E-state index is 12.3. The van der Waals surface area contributed by atoms with Crippen LogP contribution in [0.2, 0.25) is 0 Å². The second kappa shape index (κ2) is 8.09. The predicted molar refractivity (Wildman–Crippen MR) is 90.6 cm³/mol. The Hall–Kier alpha value is -1.44. The van der Waals surface area contributed by atoms with Gasteiger partial charge in [0.2, 0.25) is 5.91 Å². The summed E-state index contributed by atoms with van der Waals surface area (Å²) < 4.78 is 1.94. The highest BCUT2D eigenvalue weighted by molar-refractivity contribution is 5.91. The molecular formula is C17H28N4O3. The third-order valence-electron chi connectivity index (χ3n) is 5.23. The average molecular weight is 336 g/mol. The van der Waals surface area contributed by atoms with Crippen molar-refractivity contribution in [2.24, 2.45) is 5.92 Å². The highest BCUT2D eigenvalue weighted by Crippen LogP contribution is 2.28. The molecule has 1 amide bonds. The van der Waals surface area contributed by atoms with Gasteiger partial charge in [0.1, 0.15) is 5.82 Å². The Labute approximate surface area is 142 Å². The van der Waals surface area contributed by atoms with Crippen LogP contribution in [0, 0.1) is 5.92 Å². The normalized spacial score (nSPS) is 21.9. The van der Waals surface area contributed by atoms with Crippen molar-refractivity contribution in [1.82, 2.24) is 14.7 Å². The molecule has 0 aromatic carbocycles. The molecule has 0 radical (unpaired) electrons. The van der Waals surface area contributed by atoms with Gasteiger partial charge in [0.25, 0.3) is 0 Å². The van der Waals surface area contributed by atoms with Gasteiger partial charge in [0.15, 0.2) is 0 Å². The number of β-amino-alcohol motifs (C(OH)–C–C–N with tert-alkyl or cyclic N) is 1. The second-order valence-electron chi connectivity index (χ2n) is 7.00. The number of carbonyl (C=O) groups is 1. The standard InChI is InChI=1S/C17H28N4O3/c22-12-15(23)11-20-9-6-14(7-10-20)21-16(5-8-18-21)19-17(24)13-3-1-2-4-13/h5,8,13-15,22-23H,1-4,6-7,9-12H2,(H,19,24)/t15-/m1/s1. The lowest BCUT2D eigenvalue weighted by Gasteiger charge is -2.33. The average Bonchev–Trinajstić information content (AvgIpc) is 3.27. The lowest BCUT2D eigenvalue weighted by molar-refractivity contribution is -0.119. The monoisotopic (exact) mass is 336 g/mol. The van der Waals surface area contributed by atoms with Crippen molar-refractivity contribution in [3.8, 4) is 0 Å². The van der Waals surface area contributed by atoms with E-state index in [1.165, 1.54) is 0 Å². The first-order valence-electron chi connectivity index (χ1n) is 9.03. The first-order chi connectivity index (χ1) is 11.7. The molecule has 1 aromatic heterocycles. The summed E-state index contributed by atoms with van der Waals surface area (Å²) in [6, 6.07) is 2.13. The van der Waals surface area contributed by atoms with E-state index in [0.29, 0.717) is 6.54 Å². The molecule has 2 heterocycles. The molecule has 1 saturated carbocycles. The molecule has 2 aliphatic rings. The maximum absolute atomic E-state index is 12.3. The molecule has 0 spiro atoms. The summed E-state index contributed by atoms with van der Waals surface area (Å²) in [5, 5.41) is 26.0. The Balaban J connectivity index is 1.55. The molecule has 1 aliphatic heterocycles. The van der Waals surface area contributed by atoms with Crippen LogP contribution in [0.1, 0.15) is 44.6 Å². The minimum Gasteiger partial charge on any atom is -0.394 e. The molecule has 134 valence electrons. The van der Waals surface area contributed by atoms with Gasteiger partial charge in [-0.2, -0.15) is 5.10 Å². The Morgan fingerprint density at radius 2 is 2.00 bits per heavy atom. The molecule has 1 aliphatic carbocycles. The van der Waals surface area contributed by atoms with Crippen LogP contribution in [0.3, 0.4) is 0 Å². The highest BCUT2D eigenvalue weighted by Gasteiger charge is 2.26. The Morgan fingerprint density at radius 1 is 1.29 bits per heavy atom. The molecule has 1 saturated heterocycles. The van der Waals surface area contributed by atoms with Gasteiger partial charge in [0, 0.05) is 31.6 Å². The first kappa shape index (κ1) is 17.4. The molecule has 0 unspecified atom stereocenters. The number of hydrogen-bond donors (Lipinski definition) is 3. The summed E-state index contributed by atoms with van der Waals surface area (Å²) in [5.41, 5.74) is 0. The number of nitrogens with one attached hydrogen (secondary N) is 1. The van der Waals surface area contributed by atoms with Crippen LogP contribution in [0.15, 0.2) is 12.3 Å². The molecule has 1 atom stereocenters. The van der Waals surface area contributed by atoms with Crippen LogP contribution < -0.4 is 5.32 Å². The maximum Gasteiger partial charge on any atom is 0.228 e. The SMILES string of the molecule is O=C(Nc1ccnn1C1CCN(C[C@@H](O)CO)CC1)C1CCCC1. The third kappa shape index (κ3) is 4.15. The molecule has 24 heavy (non-hydrogen) atoms. The van der Waals surface area contributed by atoms with Gasteiger partial charge in [-0.15, -0.1) is 0 Å². The Morgan fingerprint density at radius 3 is 2.67 bits per heavy atom. The van der Waals surface area contributed by atoms with Gasteiger partial charge >= 0.3 is 0 Å². The smallest absolute Gasteiger partial charge is 0.228 e. The summed E-state index contributed by atoms with van der Waals surface area (Å²) in [7, 11) is 0. The molecule has 3 N–H and O–H groups in total. The lowest BCUT2D eigenvalue weighted by Crippen LogP contribution is -2.40. The van der Waals surface area contributed by atoms with Crippen LogP contribution in [0.5, 0.6) is 0 Å². The molecular weight excluding hydrogens is 308 g/mol. The van der Waals surface area contributed by atoms with Crippen LogP contribution in [-0.4, -0.2) is 63.1 Å². The number of likely N-dealkylation sites (tertiary alicyclic amines) is 1. The van der Waals surface area contributed by atoms with Gasteiger partial charge in [0.05, 0.1) is 24.9 Å². The number of aliphatic hydroxyl groups excluding tert-OH is 2. The van der Waals surface area contributed by atoms with Gasteiger partial charge in [-0.25, -0.2) is 4.68 Å². The topological polar surface area (TPSA) is 90.6 Å². The molecule has 7 nitrogen and oxygen atoms in total. The number of nitrogens with zero attached hydrogens (tertiary/aromatic N) is 3. The minimum atomic E-state index is -0.674. The van der Waals surface area contributed by atoms with Gasteiger partial charge in [-0.1, -0.05) is 12.8 Å². The first-order valence-corrected chi connectivity index (χ1v) is 9.03. The number of anilines is 1. The van der Waals surface area contributed by atoms with Gasteiger partial charge in [-0.3, -0.25) is 4.79 Å². The summed E-state index contributed by atoms with van der Waals surface area (Å²) in [6.07, 6.45) is 7.19. The van der Waals surface area contributed by atoms with Crippen molar-refractivity contribution in [3.63, 3.8) is 0 Å². The number of carbonyl (C=O) groups excluding carboxylic acids is 1. The summed E-state index contributed by atoms with van der Waals surface area (Å²) in [4.78, 5) is 14.5. The zero-order chi connectivity index (χ0) is 16.9. The van der Waals surface area contributed by atoms with E-state index < -0.39 is 6.10 Å². The summed E-state index contributed by atoms with van der Waals surface area (Å²) in [5.74, 6) is 1.06. The number of aliphatic hydroxyl groups is 2. The van der Waals surface area contributed by atoms with Gasteiger partial charge in [-0.05, 0) is 25.7 Å². The number of amides is 1. The van der Waals surface area contributed by atoms with Gasteiger partial charge < -0.3 is 20.4 Å². The molecule has 1 aromatic rings. The van der Waals surface area contributed by atoms with Crippen LogP contribution in [0.25, 0.3) is 0 Å². The van der Waals surface area contributed by atoms with E-state index in [9.17, 15) is 9.90 Å². The van der Waals surface area contributed by atoms with Crippen molar-refractivity contribution in [3.05, 3.63) is 12.3 Å². The van der Waals surface area contributed by atoms with Crippen molar-refractivity contribution in [2.45, 2.75) is 50.7 Å². The Kier molecular flexibility index (Phi) is 5.86. The van der Waals surface area contributed by atoms with E-state index in [-0.39, 0.29) is 24.5 Å². The minimum absolute atomic E-state index is 0.123. The van der Waals surface area contributed by atoms with Crippen LogP contribution in [-0.2, 0) is 4.79 Å². The van der Waals surface area contributed by atoms with Crippen molar-refractivity contribution in [1.29, 1.82) is 0 Å². The third-order valence-corrected chi connectivity index (χ3v) is 5.23. The zero-order valence-corrected chi connectivity index (χ0v) is 14.1. The van der Waals surface area contributed by atoms with E-state index in [0.717, 1.165) is 57.4 Å². The van der Waals surface area contributed by atoms with Crippen LogP contribution >= 0.6 is 0 Å². The van der Waals surface area contributed by atoms with Crippen molar-refractivity contribution >= 4 is 11.7 Å². The number of rotatable bonds is 6. The molecule has 3 rings (SSSR count). The predicted octanol–water partition coefficient (Wildman–Crippen LogP) is 1.00. The number of aromatic nitrogens is 2. The number of hydrogen-bond acceptors (Lipinski definition) is 5. The fourth-order valence-electron chi connectivity index (χ4n) is 3.82. The highest BCUT2D eigenvalue weighted by atomic mass is 16.3. The molecule has 2 fully saturated rings. The Bertz CT molecular complexity index is 534. The quantitative estimate of drug-likeness (QED) is 0.721. The van der Waals surface area contributed by atoms with E-state index >= 15 is 0 Å². The number of piperidine rings is 1.